The van der Waals surface area contributed by atoms with Gasteiger partial charge in [0.1, 0.15) is 18.2 Å². The van der Waals surface area contributed by atoms with Gasteiger partial charge in [-0.2, -0.15) is 5.26 Å². The lowest BCUT2D eigenvalue weighted by Gasteiger charge is -2.14. The topological polar surface area (TPSA) is 71.3 Å². The minimum absolute atomic E-state index is 0.0689. The minimum atomic E-state index is -0.338. The fraction of sp³-hybridized carbons (Fsp3) is 0.304. The molecular formula is C23H22Br2N2O3. The molecule has 0 heterocycles. The molecule has 7 heteroatoms. The largest absolute Gasteiger partial charge is 0.493 e. The molecule has 0 aliphatic heterocycles. The third kappa shape index (κ3) is 5.87. The number of nitrogens with zero attached hydrogens (tertiary/aromatic N) is 1. The van der Waals surface area contributed by atoms with Crippen LogP contribution < -0.4 is 14.8 Å². The van der Waals surface area contributed by atoms with Crippen LogP contribution in [0.5, 0.6) is 11.5 Å². The molecular weight excluding hydrogens is 512 g/mol. The molecule has 0 saturated heterocycles. The van der Waals surface area contributed by atoms with Crippen molar-refractivity contribution in [1.82, 2.24) is 5.32 Å². The first-order valence-corrected chi connectivity index (χ1v) is 11.3. The number of nitrogens with one attached hydrogen (secondary N) is 1. The molecule has 30 heavy (non-hydrogen) atoms. The fourth-order valence-corrected chi connectivity index (χ4v) is 4.19. The number of methoxy groups -OCH3 is 1. The van der Waals surface area contributed by atoms with Gasteiger partial charge in [0.15, 0.2) is 11.5 Å². The molecule has 1 aliphatic carbocycles. The molecule has 1 N–H and O–H groups in total. The normalized spacial score (nSPS) is 14.3. The van der Waals surface area contributed by atoms with E-state index in [0.29, 0.717) is 28.1 Å². The van der Waals surface area contributed by atoms with Gasteiger partial charge < -0.3 is 14.8 Å². The van der Waals surface area contributed by atoms with Crippen LogP contribution in [-0.2, 0) is 11.4 Å². The Morgan fingerprint density at radius 1 is 1.23 bits per heavy atom. The average Bonchev–Trinajstić information content (AvgIpc) is 3.25. The van der Waals surface area contributed by atoms with Gasteiger partial charge in [-0.3, -0.25) is 4.79 Å². The van der Waals surface area contributed by atoms with Crippen molar-refractivity contribution in [3.63, 3.8) is 0 Å². The number of carbonyl (C=O) groups excluding carboxylic acids is 1. The number of rotatable bonds is 7. The van der Waals surface area contributed by atoms with Crippen molar-refractivity contribution in [3.8, 4) is 17.6 Å². The third-order valence-corrected chi connectivity index (χ3v) is 6.03. The Hall–Kier alpha value is -2.30. The van der Waals surface area contributed by atoms with Crippen LogP contribution in [0.4, 0.5) is 0 Å². The predicted octanol–water partition coefficient (Wildman–Crippen LogP) is 5.76. The van der Waals surface area contributed by atoms with Crippen molar-refractivity contribution in [2.75, 3.05) is 7.11 Å². The summed E-state index contributed by atoms with van der Waals surface area (Å²) in [4.78, 5) is 12.5. The summed E-state index contributed by atoms with van der Waals surface area (Å²) in [5, 5.41) is 12.4. The number of hydrogen-bond acceptors (Lipinski definition) is 4. The van der Waals surface area contributed by atoms with Crippen molar-refractivity contribution in [2.24, 2.45) is 0 Å². The van der Waals surface area contributed by atoms with Crippen molar-refractivity contribution in [1.29, 1.82) is 5.26 Å². The Kier molecular flexibility index (Phi) is 7.94. The summed E-state index contributed by atoms with van der Waals surface area (Å²) in [6.07, 6.45) is 5.73. The summed E-state index contributed by atoms with van der Waals surface area (Å²) < 4.78 is 13.1. The highest BCUT2D eigenvalue weighted by Crippen LogP contribution is 2.38. The maximum Gasteiger partial charge on any atom is 0.262 e. The SMILES string of the molecule is COc1cc(/C=C(/C#N)C(=O)NC2CCCC2)cc(Br)c1OCc1ccc(Br)cc1. The summed E-state index contributed by atoms with van der Waals surface area (Å²) in [6, 6.07) is 13.6. The number of nitriles is 1. The molecule has 2 aromatic rings. The van der Waals surface area contributed by atoms with Crippen LogP contribution >= 0.6 is 31.9 Å². The van der Waals surface area contributed by atoms with Gasteiger partial charge in [-0.15, -0.1) is 0 Å². The van der Waals surface area contributed by atoms with Gasteiger partial charge in [-0.1, -0.05) is 40.9 Å². The third-order valence-electron chi connectivity index (χ3n) is 4.91. The van der Waals surface area contributed by atoms with E-state index >= 15 is 0 Å². The highest BCUT2D eigenvalue weighted by molar-refractivity contribution is 9.10. The lowest BCUT2D eigenvalue weighted by atomic mass is 10.1. The summed E-state index contributed by atoms with van der Waals surface area (Å²) in [6.45, 7) is 0.380. The summed E-state index contributed by atoms with van der Waals surface area (Å²) in [5.41, 5.74) is 1.76. The van der Waals surface area contributed by atoms with E-state index in [4.69, 9.17) is 9.47 Å². The van der Waals surface area contributed by atoms with Crippen LogP contribution in [0.3, 0.4) is 0 Å². The van der Waals surface area contributed by atoms with E-state index in [9.17, 15) is 10.1 Å². The number of ether oxygens (including phenoxy) is 2. The molecule has 0 bridgehead atoms. The lowest BCUT2D eigenvalue weighted by Crippen LogP contribution is -2.33. The first-order chi connectivity index (χ1) is 14.5. The number of amides is 1. The molecule has 1 saturated carbocycles. The second-order valence-electron chi connectivity index (χ2n) is 7.07. The number of carbonyl (C=O) groups is 1. The van der Waals surface area contributed by atoms with Gasteiger partial charge in [-0.25, -0.2) is 0 Å². The van der Waals surface area contributed by atoms with Crippen molar-refractivity contribution >= 4 is 43.8 Å². The van der Waals surface area contributed by atoms with Crippen molar-refractivity contribution in [3.05, 3.63) is 62.0 Å². The number of benzene rings is 2. The van der Waals surface area contributed by atoms with E-state index in [-0.39, 0.29) is 17.5 Å². The predicted molar refractivity (Wildman–Crippen MR) is 123 cm³/mol. The van der Waals surface area contributed by atoms with Gasteiger partial charge >= 0.3 is 0 Å². The Morgan fingerprint density at radius 2 is 1.93 bits per heavy atom. The zero-order valence-electron chi connectivity index (χ0n) is 16.6. The first-order valence-electron chi connectivity index (χ1n) is 9.67. The zero-order valence-corrected chi connectivity index (χ0v) is 19.8. The molecule has 5 nitrogen and oxygen atoms in total. The smallest absolute Gasteiger partial charge is 0.262 e. The van der Waals surface area contributed by atoms with Crippen LogP contribution in [0, 0.1) is 11.3 Å². The Bertz CT molecular complexity index is 975. The second-order valence-corrected chi connectivity index (χ2v) is 8.84. The van der Waals surface area contributed by atoms with E-state index in [1.807, 2.05) is 30.3 Å². The molecule has 1 aliphatic rings. The van der Waals surface area contributed by atoms with Crippen LogP contribution in [0.15, 0.2) is 50.9 Å². The van der Waals surface area contributed by atoms with Crippen LogP contribution in [0.25, 0.3) is 6.08 Å². The van der Waals surface area contributed by atoms with Gasteiger partial charge in [0.05, 0.1) is 11.6 Å². The molecule has 0 spiro atoms. The summed E-state index contributed by atoms with van der Waals surface area (Å²) >= 11 is 6.94. The molecule has 2 aromatic carbocycles. The Balaban J connectivity index is 1.77. The van der Waals surface area contributed by atoms with Gasteiger partial charge in [0, 0.05) is 10.5 Å². The zero-order chi connectivity index (χ0) is 21.5. The van der Waals surface area contributed by atoms with E-state index in [1.165, 1.54) is 0 Å². The molecule has 3 rings (SSSR count). The average molecular weight is 534 g/mol. The Morgan fingerprint density at radius 3 is 2.57 bits per heavy atom. The molecule has 1 amide bonds. The van der Waals surface area contributed by atoms with Crippen LogP contribution in [-0.4, -0.2) is 19.1 Å². The highest BCUT2D eigenvalue weighted by Gasteiger charge is 2.20. The quantitative estimate of drug-likeness (QED) is 0.362. The van der Waals surface area contributed by atoms with Gasteiger partial charge in [0.25, 0.3) is 5.91 Å². The van der Waals surface area contributed by atoms with Crippen molar-refractivity contribution in [2.45, 2.75) is 38.3 Å². The standard InChI is InChI=1S/C23H22Br2N2O3/c1-29-21-12-16(10-17(13-26)23(28)27-19-4-2-3-5-19)11-20(25)22(21)30-14-15-6-8-18(24)9-7-15/h6-12,19H,2-5,14H2,1H3,(H,27,28)/b17-10-. The monoisotopic (exact) mass is 532 g/mol. The van der Waals surface area contributed by atoms with Gasteiger partial charge in [0.2, 0.25) is 0 Å². The molecule has 156 valence electrons. The molecule has 0 radical (unpaired) electrons. The minimum Gasteiger partial charge on any atom is -0.493 e. The molecule has 0 aromatic heterocycles. The fourth-order valence-electron chi connectivity index (χ4n) is 3.35. The van der Waals surface area contributed by atoms with E-state index < -0.39 is 0 Å². The summed E-state index contributed by atoms with van der Waals surface area (Å²) in [5.74, 6) is 0.739. The van der Waals surface area contributed by atoms with E-state index in [2.05, 4.69) is 37.2 Å². The van der Waals surface area contributed by atoms with E-state index in [1.54, 1.807) is 25.3 Å². The van der Waals surface area contributed by atoms with Gasteiger partial charge in [-0.05, 0) is 70.2 Å². The van der Waals surface area contributed by atoms with Crippen LogP contribution in [0.1, 0.15) is 36.8 Å². The highest BCUT2D eigenvalue weighted by atomic mass is 79.9. The maximum absolute atomic E-state index is 12.5. The second kappa shape index (κ2) is 10.6. The molecule has 0 atom stereocenters. The summed E-state index contributed by atoms with van der Waals surface area (Å²) in [7, 11) is 1.56. The number of halogens is 2. The lowest BCUT2D eigenvalue weighted by molar-refractivity contribution is -0.117. The maximum atomic E-state index is 12.5. The molecule has 1 fully saturated rings. The Labute approximate surface area is 193 Å². The van der Waals surface area contributed by atoms with Crippen molar-refractivity contribution < 1.29 is 14.3 Å². The molecule has 0 unspecified atom stereocenters. The van der Waals surface area contributed by atoms with Crippen LogP contribution in [0.2, 0.25) is 0 Å². The van der Waals surface area contributed by atoms with E-state index in [0.717, 1.165) is 35.7 Å². The number of hydrogen-bond donors (Lipinski definition) is 1. The first kappa shape index (κ1) is 22.4.